The van der Waals surface area contributed by atoms with Crippen molar-refractivity contribution in [3.63, 3.8) is 0 Å². The highest BCUT2D eigenvalue weighted by molar-refractivity contribution is 7.10. The molecular formula is C14H12N2O3S. The lowest BCUT2D eigenvalue weighted by atomic mass is 10.2. The van der Waals surface area contributed by atoms with Crippen molar-refractivity contribution in [3.8, 4) is 17.6 Å². The Morgan fingerprint density at radius 2 is 2.15 bits per heavy atom. The van der Waals surface area contributed by atoms with E-state index < -0.39 is 4.92 Å². The van der Waals surface area contributed by atoms with Gasteiger partial charge in [0.25, 0.3) is 0 Å². The summed E-state index contributed by atoms with van der Waals surface area (Å²) in [7, 11) is 0. The molecule has 1 aromatic heterocycles. The number of hydrogen-bond donors (Lipinski definition) is 1. The first-order valence-corrected chi connectivity index (χ1v) is 6.72. The first kappa shape index (κ1) is 14.1. The first-order valence-electron chi connectivity index (χ1n) is 5.84. The lowest BCUT2D eigenvalue weighted by Crippen LogP contribution is -1.99. The molecule has 0 bridgehead atoms. The Hall–Kier alpha value is -2.36. The highest BCUT2D eigenvalue weighted by Crippen LogP contribution is 2.27. The highest BCUT2D eigenvalue weighted by atomic mass is 32.1. The van der Waals surface area contributed by atoms with Gasteiger partial charge in [0.2, 0.25) is 0 Å². The van der Waals surface area contributed by atoms with E-state index in [2.05, 4.69) is 11.8 Å². The number of para-hydroxylation sites is 2. The van der Waals surface area contributed by atoms with E-state index in [1.54, 1.807) is 18.2 Å². The maximum atomic E-state index is 10.9. The van der Waals surface area contributed by atoms with E-state index in [9.17, 15) is 10.1 Å². The smallest absolute Gasteiger partial charge is 0.310 e. The average molecular weight is 288 g/mol. The summed E-state index contributed by atoms with van der Waals surface area (Å²) >= 11 is 1.50. The predicted molar refractivity (Wildman–Crippen MR) is 77.7 cm³/mol. The van der Waals surface area contributed by atoms with Crippen molar-refractivity contribution < 1.29 is 9.66 Å². The average Bonchev–Trinajstić information content (AvgIpc) is 2.90. The van der Waals surface area contributed by atoms with Crippen LogP contribution in [0, 0.1) is 22.0 Å². The van der Waals surface area contributed by atoms with Gasteiger partial charge >= 0.3 is 5.69 Å². The van der Waals surface area contributed by atoms with E-state index in [-0.39, 0.29) is 18.0 Å². The van der Waals surface area contributed by atoms with Crippen molar-refractivity contribution in [3.05, 3.63) is 56.3 Å². The van der Waals surface area contributed by atoms with E-state index in [1.165, 1.54) is 17.4 Å². The van der Waals surface area contributed by atoms with Gasteiger partial charge in [-0.15, -0.1) is 11.3 Å². The van der Waals surface area contributed by atoms with Gasteiger partial charge < -0.3 is 10.5 Å². The minimum atomic E-state index is -0.459. The molecule has 0 spiro atoms. The number of thiophene rings is 1. The van der Waals surface area contributed by atoms with Gasteiger partial charge in [-0.05, 0) is 17.5 Å². The van der Waals surface area contributed by atoms with E-state index in [4.69, 9.17) is 10.5 Å². The number of benzene rings is 1. The Labute approximate surface area is 120 Å². The van der Waals surface area contributed by atoms with Crippen LogP contribution in [0.15, 0.2) is 35.7 Å². The molecular weight excluding hydrogens is 276 g/mol. The van der Waals surface area contributed by atoms with Crippen LogP contribution in [-0.2, 0) is 6.61 Å². The van der Waals surface area contributed by atoms with Crippen LogP contribution in [-0.4, -0.2) is 11.5 Å². The Bertz CT molecular complexity index is 670. The van der Waals surface area contributed by atoms with Crippen LogP contribution in [0.4, 0.5) is 5.69 Å². The third kappa shape index (κ3) is 3.35. The Kier molecular flexibility index (Phi) is 4.71. The monoisotopic (exact) mass is 288 g/mol. The fraction of sp³-hybridized carbons (Fsp3) is 0.143. The maximum absolute atomic E-state index is 10.9. The molecule has 0 aliphatic carbocycles. The molecule has 5 nitrogen and oxygen atoms in total. The molecule has 0 saturated carbocycles. The van der Waals surface area contributed by atoms with Crippen LogP contribution in [0.2, 0.25) is 0 Å². The van der Waals surface area contributed by atoms with Gasteiger partial charge in [-0.25, -0.2) is 0 Å². The number of rotatable bonds is 4. The maximum Gasteiger partial charge on any atom is 0.310 e. The molecule has 0 amide bonds. The van der Waals surface area contributed by atoms with Gasteiger partial charge in [-0.1, -0.05) is 24.0 Å². The number of hydrogen-bond acceptors (Lipinski definition) is 5. The van der Waals surface area contributed by atoms with Crippen molar-refractivity contribution >= 4 is 17.0 Å². The number of nitro groups is 1. The fourth-order valence-corrected chi connectivity index (χ4v) is 2.32. The molecule has 0 saturated heterocycles. The van der Waals surface area contributed by atoms with Crippen LogP contribution >= 0.6 is 11.3 Å². The molecule has 20 heavy (non-hydrogen) atoms. The third-order valence-electron chi connectivity index (χ3n) is 2.49. The molecule has 0 aliphatic heterocycles. The largest absolute Gasteiger partial charge is 0.481 e. The van der Waals surface area contributed by atoms with E-state index in [0.29, 0.717) is 6.54 Å². The molecule has 0 fully saturated rings. The van der Waals surface area contributed by atoms with E-state index in [0.717, 1.165) is 10.4 Å². The molecule has 1 heterocycles. The summed E-state index contributed by atoms with van der Waals surface area (Å²) in [5.74, 6) is 5.98. The van der Waals surface area contributed by atoms with Gasteiger partial charge in [0, 0.05) is 11.6 Å². The van der Waals surface area contributed by atoms with E-state index >= 15 is 0 Å². The van der Waals surface area contributed by atoms with Crippen LogP contribution in [0.1, 0.15) is 10.4 Å². The van der Waals surface area contributed by atoms with Crippen LogP contribution in [0.5, 0.6) is 5.75 Å². The minimum Gasteiger partial charge on any atom is -0.481 e. The fourth-order valence-electron chi connectivity index (χ4n) is 1.58. The van der Waals surface area contributed by atoms with Crippen molar-refractivity contribution in [2.75, 3.05) is 6.54 Å². The quantitative estimate of drug-likeness (QED) is 0.533. The molecule has 0 atom stereocenters. The van der Waals surface area contributed by atoms with Crippen LogP contribution < -0.4 is 10.5 Å². The number of nitrogens with zero attached hydrogens (tertiary/aromatic N) is 1. The molecule has 102 valence electrons. The van der Waals surface area contributed by atoms with Crippen molar-refractivity contribution in [2.24, 2.45) is 5.73 Å². The summed E-state index contributed by atoms with van der Waals surface area (Å²) in [6.45, 7) is 0.539. The Morgan fingerprint density at radius 1 is 1.35 bits per heavy atom. The number of nitro benzene ring substituents is 1. The normalized spacial score (nSPS) is 9.65. The first-order chi connectivity index (χ1) is 9.72. The van der Waals surface area contributed by atoms with Gasteiger partial charge in [0.15, 0.2) is 5.75 Å². The summed E-state index contributed by atoms with van der Waals surface area (Å²) in [5.41, 5.74) is 6.14. The van der Waals surface area contributed by atoms with Gasteiger partial charge in [-0.3, -0.25) is 10.1 Å². The SMILES string of the molecule is NCC#Cc1ccsc1COc1ccccc1[N+](=O)[O-]. The topological polar surface area (TPSA) is 78.4 Å². The summed E-state index contributed by atoms with van der Waals surface area (Å²) in [6.07, 6.45) is 0. The van der Waals surface area contributed by atoms with E-state index in [1.807, 2.05) is 11.4 Å². The summed E-state index contributed by atoms with van der Waals surface area (Å²) in [5, 5.41) is 12.8. The Morgan fingerprint density at radius 3 is 2.90 bits per heavy atom. The minimum absolute atomic E-state index is 0.0429. The van der Waals surface area contributed by atoms with Crippen molar-refractivity contribution in [1.29, 1.82) is 0 Å². The zero-order chi connectivity index (χ0) is 14.4. The second kappa shape index (κ2) is 6.70. The van der Waals surface area contributed by atoms with Crippen molar-refractivity contribution in [2.45, 2.75) is 6.61 Å². The van der Waals surface area contributed by atoms with Crippen LogP contribution in [0.3, 0.4) is 0 Å². The van der Waals surface area contributed by atoms with Gasteiger partial charge in [-0.2, -0.15) is 0 Å². The lowest BCUT2D eigenvalue weighted by Gasteiger charge is -2.05. The summed E-state index contributed by atoms with van der Waals surface area (Å²) < 4.78 is 5.53. The summed E-state index contributed by atoms with van der Waals surface area (Å²) in [6, 6.07) is 8.18. The van der Waals surface area contributed by atoms with Crippen LogP contribution in [0.25, 0.3) is 0 Å². The second-order valence-electron chi connectivity index (χ2n) is 3.78. The van der Waals surface area contributed by atoms with Gasteiger partial charge in [0.05, 0.1) is 16.3 Å². The van der Waals surface area contributed by atoms with Gasteiger partial charge in [0.1, 0.15) is 6.61 Å². The lowest BCUT2D eigenvalue weighted by molar-refractivity contribution is -0.385. The zero-order valence-electron chi connectivity index (χ0n) is 10.5. The molecule has 2 rings (SSSR count). The summed E-state index contributed by atoms with van der Waals surface area (Å²) in [4.78, 5) is 11.3. The molecule has 0 unspecified atom stereocenters. The number of ether oxygens (including phenoxy) is 1. The number of nitrogens with two attached hydrogens (primary N) is 1. The zero-order valence-corrected chi connectivity index (χ0v) is 11.4. The molecule has 0 radical (unpaired) electrons. The van der Waals surface area contributed by atoms with Crippen molar-refractivity contribution in [1.82, 2.24) is 0 Å². The highest BCUT2D eigenvalue weighted by Gasteiger charge is 2.14. The Balaban J connectivity index is 2.14. The molecule has 2 aromatic rings. The third-order valence-corrected chi connectivity index (χ3v) is 3.39. The molecule has 2 N–H and O–H groups in total. The molecule has 0 aliphatic rings. The predicted octanol–water partition coefficient (Wildman–Crippen LogP) is 2.55. The second-order valence-corrected chi connectivity index (χ2v) is 4.78. The molecule has 6 heteroatoms. The standard InChI is InChI=1S/C14H12N2O3S/c15-8-3-4-11-7-9-20-14(11)10-19-13-6-2-1-5-12(13)16(17)18/h1-2,5-7,9H,8,10,15H2. The molecule has 1 aromatic carbocycles.